The van der Waals surface area contributed by atoms with Crippen LogP contribution in [0, 0.1) is 0 Å². The fourth-order valence-corrected chi connectivity index (χ4v) is 0. The van der Waals surface area contributed by atoms with Crippen LogP contribution in [0.1, 0.15) is 0 Å². The van der Waals surface area contributed by atoms with Gasteiger partial charge in [0.05, 0.1) is 0 Å². The summed E-state index contributed by atoms with van der Waals surface area (Å²) in [6.07, 6.45) is 0. The van der Waals surface area contributed by atoms with Crippen LogP contribution in [-0.4, -0.2) is 16.5 Å². The van der Waals surface area contributed by atoms with E-state index in [0.29, 0.717) is 0 Å². The minimum atomic E-state index is -3.64. The van der Waals surface area contributed by atoms with E-state index in [4.69, 9.17) is 9.79 Å². The second-order valence-electron chi connectivity index (χ2n) is 0.835. The first-order valence-corrected chi connectivity index (χ1v) is 3.59. The Labute approximate surface area is 42.8 Å². The third-order valence-electron chi connectivity index (χ3n) is 0. The first-order chi connectivity index (χ1) is 3.00. The third kappa shape index (κ3) is 7370. The Hall–Kier alpha value is -0.110. The van der Waals surface area contributed by atoms with Crippen LogP contribution in [-0.2, 0) is 4.57 Å². The topological polar surface area (TPSA) is 57.5 Å². The Bertz CT molecular complexity index is 66.0. The van der Waals surface area contributed by atoms with Crippen LogP contribution in [0.2, 0.25) is 0 Å². The standard InChI is InChI=1S/C2H4.CH5O3P/c1-2;1-5(2,3)4/h1-2H2;1H3,(H2,2,3,4). The van der Waals surface area contributed by atoms with Crippen LogP contribution in [0.25, 0.3) is 0 Å². The van der Waals surface area contributed by atoms with Crippen molar-refractivity contribution in [3.05, 3.63) is 13.2 Å². The van der Waals surface area contributed by atoms with Gasteiger partial charge in [0, 0.05) is 6.66 Å². The van der Waals surface area contributed by atoms with Gasteiger partial charge in [-0.25, -0.2) is 0 Å². The zero-order valence-electron chi connectivity index (χ0n) is 4.16. The van der Waals surface area contributed by atoms with E-state index in [0.717, 1.165) is 6.66 Å². The zero-order valence-corrected chi connectivity index (χ0v) is 5.06. The van der Waals surface area contributed by atoms with Gasteiger partial charge in [-0.15, -0.1) is 13.2 Å². The smallest absolute Gasteiger partial charge is 0.322 e. The normalized spacial score (nSPS) is 9.00. The molecule has 0 saturated heterocycles. The van der Waals surface area contributed by atoms with Gasteiger partial charge in [-0.05, 0) is 0 Å². The van der Waals surface area contributed by atoms with E-state index in [1.807, 2.05) is 0 Å². The first kappa shape index (κ1) is 10.00. The molecule has 7 heavy (non-hydrogen) atoms. The van der Waals surface area contributed by atoms with Gasteiger partial charge < -0.3 is 9.79 Å². The Morgan fingerprint density at radius 1 is 1.43 bits per heavy atom. The van der Waals surface area contributed by atoms with Crippen LogP contribution in [0.15, 0.2) is 13.2 Å². The predicted octanol–water partition coefficient (Wildman–Crippen LogP) is 0.596. The molecular formula is C3H9O3P. The number of hydrogen-bond acceptors (Lipinski definition) is 1. The van der Waals surface area contributed by atoms with Gasteiger partial charge in [0.1, 0.15) is 0 Å². The lowest BCUT2D eigenvalue weighted by atomic mass is 11.3. The van der Waals surface area contributed by atoms with Gasteiger partial charge in [0.2, 0.25) is 0 Å². The monoisotopic (exact) mass is 124 g/mol. The van der Waals surface area contributed by atoms with Crippen LogP contribution >= 0.6 is 7.60 Å². The Morgan fingerprint density at radius 3 is 1.43 bits per heavy atom. The molecule has 0 heterocycles. The molecule has 0 saturated carbocycles. The maximum Gasteiger partial charge on any atom is 0.322 e. The summed E-state index contributed by atoms with van der Waals surface area (Å²) in [4.78, 5) is 15.3. The molecule has 0 aliphatic carbocycles. The summed E-state index contributed by atoms with van der Waals surface area (Å²) in [5.74, 6) is 0. The second-order valence-corrected chi connectivity index (χ2v) is 2.51. The third-order valence-corrected chi connectivity index (χ3v) is 0. The highest BCUT2D eigenvalue weighted by Gasteiger charge is 1.95. The average molecular weight is 124 g/mol. The predicted molar refractivity (Wildman–Crippen MR) is 29.2 cm³/mol. The average Bonchev–Trinajstić information content (AvgIpc) is 1.36. The minimum absolute atomic E-state index is 0.854. The van der Waals surface area contributed by atoms with Crippen LogP contribution < -0.4 is 0 Å². The van der Waals surface area contributed by atoms with Crippen molar-refractivity contribution in [3.8, 4) is 0 Å². The van der Waals surface area contributed by atoms with E-state index in [1.54, 1.807) is 0 Å². The largest absolute Gasteiger partial charge is 0.325 e. The fourth-order valence-electron chi connectivity index (χ4n) is 0. The molecule has 3 nitrogen and oxygen atoms in total. The molecule has 0 bridgehead atoms. The molecule has 0 fully saturated rings. The molecule has 0 atom stereocenters. The van der Waals surface area contributed by atoms with Crippen molar-refractivity contribution in [2.45, 2.75) is 0 Å². The summed E-state index contributed by atoms with van der Waals surface area (Å²) in [7, 11) is -3.64. The van der Waals surface area contributed by atoms with Crippen molar-refractivity contribution in [1.82, 2.24) is 0 Å². The Kier molecular flexibility index (Phi) is 5.80. The summed E-state index contributed by atoms with van der Waals surface area (Å²) < 4.78 is 9.33. The molecule has 0 aromatic carbocycles. The lowest BCUT2D eigenvalue weighted by molar-refractivity contribution is 0.381. The highest BCUT2D eigenvalue weighted by atomic mass is 31.2. The molecule has 0 amide bonds. The number of hydrogen-bond donors (Lipinski definition) is 2. The maximum atomic E-state index is 9.33. The van der Waals surface area contributed by atoms with Crippen molar-refractivity contribution in [2.24, 2.45) is 0 Å². The quantitative estimate of drug-likeness (QED) is 0.367. The summed E-state index contributed by atoms with van der Waals surface area (Å²) in [6.45, 7) is 6.85. The lowest BCUT2D eigenvalue weighted by Gasteiger charge is -1.84. The molecule has 0 unspecified atom stereocenters. The van der Waals surface area contributed by atoms with Gasteiger partial charge in [-0.3, -0.25) is 4.57 Å². The maximum absolute atomic E-state index is 9.33. The molecule has 0 aromatic heterocycles. The molecule has 0 aromatic rings. The fraction of sp³-hybridized carbons (Fsp3) is 0.333. The first-order valence-electron chi connectivity index (χ1n) is 1.53. The molecule has 0 radical (unpaired) electrons. The molecule has 0 rings (SSSR count). The van der Waals surface area contributed by atoms with Crippen LogP contribution in [0.4, 0.5) is 0 Å². The van der Waals surface area contributed by atoms with E-state index in [9.17, 15) is 4.57 Å². The van der Waals surface area contributed by atoms with Gasteiger partial charge >= 0.3 is 7.60 Å². The van der Waals surface area contributed by atoms with E-state index in [-0.39, 0.29) is 0 Å². The minimum Gasteiger partial charge on any atom is -0.325 e. The summed E-state index contributed by atoms with van der Waals surface area (Å²) in [5, 5.41) is 0. The van der Waals surface area contributed by atoms with Gasteiger partial charge in [-0.1, -0.05) is 0 Å². The van der Waals surface area contributed by atoms with Crippen molar-refractivity contribution in [3.63, 3.8) is 0 Å². The molecule has 44 valence electrons. The van der Waals surface area contributed by atoms with E-state index < -0.39 is 7.60 Å². The summed E-state index contributed by atoms with van der Waals surface area (Å²) in [6, 6.07) is 0. The Balaban J connectivity index is 0. The van der Waals surface area contributed by atoms with E-state index >= 15 is 0 Å². The molecule has 0 aliphatic heterocycles. The van der Waals surface area contributed by atoms with Gasteiger partial charge in [-0.2, -0.15) is 0 Å². The number of rotatable bonds is 0. The SMILES string of the molecule is C=C.CP(=O)(O)O. The van der Waals surface area contributed by atoms with Crippen molar-refractivity contribution in [2.75, 3.05) is 6.66 Å². The molecule has 0 spiro atoms. The zero-order chi connectivity index (χ0) is 6.50. The highest BCUT2D eigenvalue weighted by Crippen LogP contribution is 2.26. The molecule has 2 N–H and O–H groups in total. The Morgan fingerprint density at radius 2 is 1.43 bits per heavy atom. The van der Waals surface area contributed by atoms with E-state index in [2.05, 4.69) is 13.2 Å². The van der Waals surface area contributed by atoms with Crippen LogP contribution in [0.5, 0.6) is 0 Å². The summed E-state index contributed by atoms with van der Waals surface area (Å²) >= 11 is 0. The highest BCUT2D eigenvalue weighted by molar-refractivity contribution is 7.50. The van der Waals surface area contributed by atoms with Crippen molar-refractivity contribution >= 4 is 7.60 Å². The lowest BCUT2D eigenvalue weighted by Crippen LogP contribution is -1.64. The molecule has 4 heteroatoms. The van der Waals surface area contributed by atoms with Crippen LogP contribution in [0.3, 0.4) is 0 Å². The van der Waals surface area contributed by atoms with Crippen molar-refractivity contribution in [1.29, 1.82) is 0 Å². The molecule has 0 aliphatic rings. The van der Waals surface area contributed by atoms with Gasteiger partial charge in [0.25, 0.3) is 0 Å². The van der Waals surface area contributed by atoms with E-state index in [1.165, 1.54) is 0 Å². The van der Waals surface area contributed by atoms with Crippen molar-refractivity contribution < 1.29 is 14.4 Å². The second kappa shape index (κ2) is 4.06. The van der Waals surface area contributed by atoms with Gasteiger partial charge in [0.15, 0.2) is 0 Å². The molecular weight excluding hydrogens is 115 g/mol. The summed E-state index contributed by atoms with van der Waals surface area (Å²) in [5.41, 5.74) is 0.